The Labute approximate surface area is 235 Å². The highest BCUT2D eigenvalue weighted by molar-refractivity contribution is 6.33. The minimum Gasteiger partial charge on any atom is -1.00 e. The summed E-state index contributed by atoms with van der Waals surface area (Å²) in [6.45, 7) is 0. The predicted molar refractivity (Wildman–Crippen MR) is 140 cm³/mol. The molecule has 6 aromatic heterocycles. The second kappa shape index (κ2) is 12.9. The molecule has 0 atom stereocenters. The Balaban J connectivity index is 0.000000179. The SMILES string of the molecule is NC(=O)c1ccc[n+](-c2nc(N)nc3nc[nH]c23)c1.NC(=O)c1cccnc1.Nc1nc(Cl)c2[nH]cnc2n1.[Cl-]. The molecule has 0 saturated heterocycles. The van der Waals surface area contributed by atoms with Gasteiger partial charge in [0.15, 0.2) is 22.0 Å². The van der Waals surface area contributed by atoms with Crippen molar-refractivity contribution in [2.24, 2.45) is 11.5 Å². The molecule has 18 heteroatoms. The number of fused-ring (bicyclic) bond motifs is 2. The standard InChI is InChI=1S/C11H9N7O.C6H6N2O.C5H4ClN5.ClH/c12-8(19)6-2-1-3-18(4-6)10-7-9(15-5-14-7)16-11(13)17-10;7-6(9)5-2-1-3-8-4-5;6-3-2-4(9-1-8-2)11-5(7)10-3;/h1-5H,(H4-,12,13,14,15,16,17,19);1-4H,(H2,7,9);1H,(H3,7,8,9,10,11);1H. The minimum atomic E-state index is -0.516. The number of aromatic amines is 2. The summed E-state index contributed by atoms with van der Waals surface area (Å²) in [5, 5.41) is 0.296. The van der Waals surface area contributed by atoms with E-state index in [0.717, 1.165) is 0 Å². The quantitative estimate of drug-likeness (QED) is 0.0908. The number of anilines is 2. The maximum Gasteiger partial charge on any atom is 0.359 e. The monoisotopic (exact) mass is 582 g/mol. The van der Waals surface area contributed by atoms with E-state index in [2.05, 4.69) is 44.9 Å². The van der Waals surface area contributed by atoms with E-state index in [4.69, 9.17) is 34.5 Å². The lowest BCUT2D eigenvalue weighted by molar-refractivity contribution is -0.598. The number of H-pyrrole nitrogens is 2. The number of carbonyl (C=O) groups excluding carboxylic acids is 2. The topological polar surface area (TPSA) is 264 Å². The van der Waals surface area contributed by atoms with Crippen molar-refractivity contribution >= 4 is 57.6 Å². The molecule has 0 fully saturated rings. The average molecular weight is 583 g/mol. The van der Waals surface area contributed by atoms with Crippen LogP contribution in [0.15, 0.2) is 61.7 Å². The van der Waals surface area contributed by atoms with Gasteiger partial charge in [-0.05, 0) is 24.3 Å². The van der Waals surface area contributed by atoms with Gasteiger partial charge in [0, 0.05) is 17.4 Å². The van der Waals surface area contributed by atoms with E-state index in [1.807, 2.05) is 0 Å². The summed E-state index contributed by atoms with van der Waals surface area (Å²) >= 11 is 5.70. The highest BCUT2D eigenvalue weighted by Crippen LogP contribution is 2.16. The third-order valence-corrected chi connectivity index (χ3v) is 5.09. The lowest BCUT2D eigenvalue weighted by Crippen LogP contribution is -3.00. The molecule has 6 rings (SSSR count). The lowest BCUT2D eigenvalue weighted by atomic mass is 10.3. The molecule has 0 bridgehead atoms. The van der Waals surface area contributed by atoms with E-state index in [-0.39, 0.29) is 24.3 Å². The number of nitrogen functional groups attached to an aromatic ring is 2. The third-order valence-electron chi connectivity index (χ3n) is 4.82. The van der Waals surface area contributed by atoms with Crippen LogP contribution in [0.25, 0.3) is 28.1 Å². The molecule has 10 N–H and O–H groups in total. The Hall–Kier alpha value is -5.48. The van der Waals surface area contributed by atoms with Crippen LogP contribution in [0.5, 0.6) is 0 Å². The van der Waals surface area contributed by atoms with Gasteiger partial charge in [0.1, 0.15) is 11.7 Å². The van der Waals surface area contributed by atoms with Crippen LogP contribution in [0.3, 0.4) is 0 Å². The van der Waals surface area contributed by atoms with Crippen LogP contribution in [-0.4, -0.2) is 56.7 Å². The number of primary amides is 2. The fourth-order valence-corrected chi connectivity index (χ4v) is 3.32. The van der Waals surface area contributed by atoms with Gasteiger partial charge in [-0.25, -0.2) is 14.5 Å². The van der Waals surface area contributed by atoms with E-state index in [1.165, 1.54) is 18.9 Å². The highest BCUT2D eigenvalue weighted by Gasteiger charge is 2.19. The second-order valence-electron chi connectivity index (χ2n) is 7.45. The van der Waals surface area contributed by atoms with E-state index in [9.17, 15) is 9.59 Å². The number of rotatable bonds is 3. The first-order valence-electron chi connectivity index (χ1n) is 10.8. The molecule has 0 saturated carbocycles. The number of imidazole rings is 2. The van der Waals surface area contributed by atoms with Crippen LogP contribution in [0.2, 0.25) is 5.15 Å². The number of carbonyl (C=O) groups is 2. The molecule has 0 aliphatic heterocycles. The van der Waals surface area contributed by atoms with Crippen molar-refractivity contribution < 1.29 is 26.6 Å². The maximum atomic E-state index is 11.2. The Morgan fingerprint density at radius 1 is 0.825 bits per heavy atom. The molecule has 6 heterocycles. The van der Waals surface area contributed by atoms with E-state index < -0.39 is 11.8 Å². The first-order chi connectivity index (χ1) is 18.7. The zero-order chi connectivity index (χ0) is 27.9. The van der Waals surface area contributed by atoms with Crippen molar-refractivity contribution in [3.05, 3.63) is 78.0 Å². The fraction of sp³-hybridized carbons (Fsp3) is 0. The fourth-order valence-electron chi connectivity index (χ4n) is 3.10. The Kier molecular flexibility index (Phi) is 9.34. The summed E-state index contributed by atoms with van der Waals surface area (Å²) in [6.07, 6.45) is 9.32. The summed E-state index contributed by atoms with van der Waals surface area (Å²) in [6, 6.07) is 6.60. The van der Waals surface area contributed by atoms with Crippen molar-refractivity contribution in [2.75, 3.05) is 11.5 Å². The van der Waals surface area contributed by atoms with Crippen LogP contribution >= 0.6 is 11.6 Å². The molecule has 204 valence electrons. The second-order valence-corrected chi connectivity index (χ2v) is 7.81. The first-order valence-corrected chi connectivity index (χ1v) is 11.2. The molecule has 40 heavy (non-hydrogen) atoms. The zero-order valence-electron chi connectivity index (χ0n) is 20.2. The van der Waals surface area contributed by atoms with Gasteiger partial charge in [0.05, 0.1) is 30.0 Å². The molecule has 0 radical (unpaired) electrons. The van der Waals surface area contributed by atoms with Crippen LogP contribution in [0.4, 0.5) is 11.9 Å². The number of amides is 2. The van der Waals surface area contributed by atoms with Crippen LogP contribution in [-0.2, 0) is 0 Å². The van der Waals surface area contributed by atoms with Crippen molar-refractivity contribution in [1.29, 1.82) is 0 Å². The number of hydrogen-bond acceptors (Lipinski definition) is 11. The molecule has 2 amide bonds. The van der Waals surface area contributed by atoms with E-state index in [1.54, 1.807) is 47.4 Å². The molecule has 0 aromatic carbocycles. The molecular weight excluding hydrogens is 563 g/mol. The van der Waals surface area contributed by atoms with Crippen LogP contribution < -0.4 is 39.9 Å². The van der Waals surface area contributed by atoms with E-state index >= 15 is 0 Å². The van der Waals surface area contributed by atoms with Crippen molar-refractivity contribution in [3.63, 3.8) is 0 Å². The number of hydrogen-bond donors (Lipinski definition) is 6. The lowest BCUT2D eigenvalue weighted by Gasteiger charge is -1.99. The normalized spacial score (nSPS) is 10.0. The Morgan fingerprint density at radius 3 is 2.02 bits per heavy atom. The first kappa shape index (κ1) is 29.1. The smallest absolute Gasteiger partial charge is 0.359 e. The molecule has 0 unspecified atom stereocenters. The zero-order valence-corrected chi connectivity index (χ0v) is 21.7. The number of nitrogens with one attached hydrogen (secondary N) is 2. The molecule has 6 aromatic rings. The van der Waals surface area contributed by atoms with Gasteiger partial charge < -0.3 is 45.3 Å². The number of pyridine rings is 2. The van der Waals surface area contributed by atoms with Crippen LogP contribution in [0.1, 0.15) is 20.7 Å². The summed E-state index contributed by atoms with van der Waals surface area (Å²) in [5.41, 5.74) is 24.1. The Bertz CT molecular complexity index is 1770. The molecule has 0 aliphatic carbocycles. The number of nitrogens with zero attached hydrogens (tertiary/aromatic N) is 8. The largest absolute Gasteiger partial charge is 1.00 e. The predicted octanol–water partition coefficient (Wildman–Crippen LogP) is -2.92. The number of halogens is 2. The van der Waals surface area contributed by atoms with Gasteiger partial charge in [0.2, 0.25) is 11.9 Å². The summed E-state index contributed by atoms with van der Waals surface area (Å²) in [5.74, 6) is -0.218. The maximum absolute atomic E-state index is 11.2. The molecule has 0 spiro atoms. The van der Waals surface area contributed by atoms with Crippen LogP contribution in [0, 0.1) is 0 Å². The van der Waals surface area contributed by atoms with Gasteiger partial charge >= 0.3 is 11.8 Å². The summed E-state index contributed by atoms with van der Waals surface area (Å²) < 4.78 is 1.64. The van der Waals surface area contributed by atoms with Crippen molar-refractivity contribution in [3.8, 4) is 5.82 Å². The summed E-state index contributed by atoms with van der Waals surface area (Å²) in [7, 11) is 0. The minimum absolute atomic E-state index is 0. The molecular formula is C22H20Cl2N14O2. The van der Waals surface area contributed by atoms with Crippen molar-refractivity contribution in [2.45, 2.75) is 0 Å². The van der Waals surface area contributed by atoms with Gasteiger partial charge in [0.25, 0.3) is 5.91 Å². The van der Waals surface area contributed by atoms with Gasteiger partial charge in [-0.1, -0.05) is 11.6 Å². The Morgan fingerprint density at radius 2 is 1.43 bits per heavy atom. The number of nitrogens with two attached hydrogens (primary N) is 4. The molecule has 0 aliphatic rings. The van der Waals surface area contributed by atoms with Crippen molar-refractivity contribution in [1.82, 2.24) is 44.9 Å². The third kappa shape index (κ3) is 6.88. The van der Waals surface area contributed by atoms with Gasteiger partial charge in [-0.15, -0.1) is 0 Å². The highest BCUT2D eigenvalue weighted by atomic mass is 35.5. The van der Waals surface area contributed by atoms with Gasteiger partial charge in [-0.2, -0.15) is 15.0 Å². The van der Waals surface area contributed by atoms with Gasteiger partial charge in [-0.3, -0.25) is 14.6 Å². The number of aromatic nitrogens is 10. The average Bonchev–Trinajstić information content (AvgIpc) is 3.59. The molecule has 16 nitrogen and oxygen atoms in total. The van der Waals surface area contributed by atoms with E-state index in [0.29, 0.717) is 44.4 Å². The summed E-state index contributed by atoms with van der Waals surface area (Å²) in [4.78, 5) is 54.6.